The Hall–Kier alpha value is -4.72. The van der Waals surface area contributed by atoms with Crippen LogP contribution < -0.4 is 10.6 Å². The number of fused-ring (bicyclic) bond motifs is 4. The van der Waals surface area contributed by atoms with Gasteiger partial charge >= 0.3 is 0 Å². The number of halogens is 1. The topological polar surface area (TPSA) is 142 Å². The zero-order valence-corrected chi connectivity index (χ0v) is 34.8. The summed E-state index contributed by atoms with van der Waals surface area (Å²) in [6.45, 7) is 10.0. The Balaban J connectivity index is 0.779. The lowest BCUT2D eigenvalue weighted by Crippen LogP contribution is -2.52. The van der Waals surface area contributed by atoms with Gasteiger partial charge in [-0.2, -0.15) is 0 Å². The molecule has 3 fully saturated rings. The fraction of sp³-hybridized carbons (Fsp3) is 0.477. The van der Waals surface area contributed by atoms with Crippen LogP contribution in [0.3, 0.4) is 0 Å². The van der Waals surface area contributed by atoms with E-state index >= 15 is 0 Å². The van der Waals surface area contributed by atoms with Crippen LogP contribution in [0.1, 0.15) is 124 Å². The quantitative estimate of drug-likeness (QED) is 0.193. The van der Waals surface area contributed by atoms with Crippen molar-refractivity contribution in [2.45, 2.75) is 103 Å². The molecule has 0 bridgehead atoms. The molecule has 302 valence electrons. The molecule has 6 heterocycles. The summed E-state index contributed by atoms with van der Waals surface area (Å²) in [4.78, 5) is 61.5. The van der Waals surface area contributed by atoms with Crippen molar-refractivity contribution in [3.63, 3.8) is 0 Å². The lowest BCUT2D eigenvalue weighted by molar-refractivity contribution is -0.137. The molecule has 2 aromatic carbocycles. The average Bonchev–Trinajstić information content (AvgIpc) is 3.82. The lowest BCUT2D eigenvalue weighted by Gasteiger charge is -2.46. The van der Waals surface area contributed by atoms with Crippen LogP contribution in [-0.4, -0.2) is 86.1 Å². The van der Waals surface area contributed by atoms with Gasteiger partial charge in [-0.3, -0.25) is 34.1 Å². The number of nitrogens with one attached hydrogen (secondary N) is 2. The number of imide groups is 1. The third-order valence-corrected chi connectivity index (χ3v) is 14.9. The highest BCUT2D eigenvalue weighted by Gasteiger charge is 2.41. The molecular weight excluding hydrogens is 772 g/mol. The second kappa shape index (κ2) is 15.5. The van der Waals surface area contributed by atoms with Crippen LogP contribution in [0.4, 0.5) is 0 Å². The minimum Gasteiger partial charge on any atom is -0.355 e. The number of thiophene rings is 1. The maximum absolute atomic E-state index is 13.6. The van der Waals surface area contributed by atoms with Gasteiger partial charge in [0.15, 0.2) is 5.82 Å². The first-order valence-electron chi connectivity index (χ1n) is 20.6. The highest BCUT2D eigenvalue weighted by molar-refractivity contribution is 7.15. The van der Waals surface area contributed by atoms with Crippen molar-refractivity contribution in [3.8, 4) is 5.00 Å². The largest absolute Gasteiger partial charge is 0.355 e. The van der Waals surface area contributed by atoms with Crippen molar-refractivity contribution in [1.29, 1.82) is 0 Å². The number of hydrogen-bond acceptors (Lipinski definition) is 9. The minimum atomic E-state index is -0.591. The molecule has 2 atom stereocenters. The average molecular weight is 821 g/mol. The van der Waals surface area contributed by atoms with Gasteiger partial charge in [0.25, 0.3) is 5.91 Å². The predicted octanol–water partition coefficient (Wildman–Crippen LogP) is 6.51. The van der Waals surface area contributed by atoms with Crippen molar-refractivity contribution in [3.05, 3.63) is 97.4 Å². The third-order valence-electron chi connectivity index (χ3n) is 13.5. The van der Waals surface area contributed by atoms with Gasteiger partial charge in [-0.25, -0.2) is 0 Å². The Morgan fingerprint density at radius 2 is 1.74 bits per heavy atom. The number of aromatic nitrogens is 3. The second-order valence-electron chi connectivity index (χ2n) is 16.9. The summed E-state index contributed by atoms with van der Waals surface area (Å²) in [5, 5.41) is 16.2. The minimum absolute atomic E-state index is 0.0547. The van der Waals surface area contributed by atoms with E-state index in [1.807, 2.05) is 37.3 Å². The van der Waals surface area contributed by atoms with Crippen LogP contribution in [0.5, 0.6) is 0 Å². The number of aryl methyl sites for hydroxylation is 2. The van der Waals surface area contributed by atoms with Crippen LogP contribution in [-0.2, 0) is 20.9 Å². The fourth-order valence-electron chi connectivity index (χ4n) is 9.90. The number of likely N-dealkylation sites (tertiary alicyclic amines) is 1. The third kappa shape index (κ3) is 7.19. The lowest BCUT2D eigenvalue weighted by atomic mass is 9.64. The van der Waals surface area contributed by atoms with Crippen LogP contribution in [0.15, 0.2) is 47.5 Å². The first-order chi connectivity index (χ1) is 28.0. The molecule has 1 aliphatic carbocycles. The Morgan fingerprint density at radius 1 is 0.983 bits per heavy atom. The Morgan fingerprint density at radius 3 is 2.48 bits per heavy atom. The molecule has 58 heavy (non-hydrogen) atoms. The van der Waals surface area contributed by atoms with E-state index in [0.717, 1.165) is 84.1 Å². The first kappa shape index (κ1) is 38.8. The van der Waals surface area contributed by atoms with Gasteiger partial charge in [0.1, 0.15) is 22.9 Å². The van der Waals surface area contributed by atoms with Crippen LogP contribution in [0.2, 0.25) is 5.02 Å². The molecule has 5 aliphatic rings. The number of amides is 4. The molecule has 2 unspecified atom stereocenters. The van der Waals surface area contributed by atoms with Crippen molar-refractivity contribution >= 4 is 52.3 Å². The number of carbonyl (C=O) groups is 4. The van der Waals surface area contributed by atoms with Gasteiger partial charge in [-0.1, -0.05) is 35.9 Å². The van der Waals surface area contributed by atoms with E-state index in [4.69, 9.17) is 16.6 Å². The zero-order chi connectivity index (χ0) is 40.3. The molecule has 2 aromatic heterocycles. The number of benzene rings is 2. The highest BCUT2D eigenvalue weighted by atomic mass is 35.5. The van der Waals surface area contributed by atoms with E-state index in [0.29, 0.717) is 47.3 Å². The standard InChI is InChI=1S/C44H49ClN8O4S/c1-25-26(2)58-43-38(25)39(29-4-7-32(45)8-5-29)47-34(40-50-49-27(3)53(40)43)23-37(55)46-18-21-51-19-16-44(17-20-51)14-12-28(13-15-44)30-6-9-33-31(22-30)24-52(42(33)57)35-10-11-36(54)48-41(35)56/h4-9,22,28,34-35H,10-21,23-24H2,1-3H3,(H,46,55)(H,48,54,56). The highest BCUT2D eigenvalue weighted by Crippen LogP contribution is 2.49. The Bertz CT molecular complexity index is 2330. The Kier molecular flexibility index (Phi) is 10.3. The number of nitrogens with zero attached hydrogens (tertiary/aromatic N) is 6. The van der Waals surface area contributed by atoms with Gasteiger partial charge in [0.2, 0.25) is 17.7 Å². The molecule has 0 radical (unpaired) electrons. The number of hydrogen-bond donors (Lipinski definition) is 2. The van der Waals surface area contributed by atoms with E-state index in [1.54, 1.807) is 16.2 Å². The van der Waals surface area contributed by atoms with Gasteiger partial charge in [-0.05, 0) is 125 Å². The summed E-state index contributed by atoms with van der Waals surface area (Å²) in [5.74, 6) is 1.09. The molecule has 4 amide bonds. The molecule has 1 spiro atoms. The Labute approximate surface area is 347 Å². The number of piperidine rings is 2. The smallest absolute Gasteiger partial charge is 0.255 e. The molecule has 12 nitrogen and oxygen atoms in total. The first-order valence-corrected chi connectivity index (χ1v) is 21.8. The van der Waals surface area contributed by atoms with Gasteiger partial charge in [0.05, 0.1) is 12.1 Å². The molecule has 4 aromatic rings. The zero-order valence-electron chi connectivity index (χ0n) is 33.3. The van der Waals surface area contributed by atoms with E-state index in [-0.39, 0.29) is 36.5 Å². The summed E-state index contributed by atoms with van der Waals surface area (Å²) < 4.78 is 2.08. The molecular formula is C44H49ClN8O4S. The van der Waals surface area contributed by atoms with E-state index in [2.05, 4.69) is 56.3 Å². The van der Waals surface area contributed by atoms with E-state index < -0.39 is 12.1 Å². The number of aliphatic imine (C=N–C) groups is 1. The van der Waals surface area contributed by atoms with Crippen molar-refractivity contribution in [2.75, 3.05) is 26.2 Å². The summed E-state index contributed by atoms with van der Waals surface area (Å²) in [5.41, 5.74) is 7.30. The molecule has 9 rings (SSSR count). The molecule has 4 aliphatic heterocycles. The maximum Gasteiger partial charge on any atom is 0.255 e. The molecule has 2 N–H and O–H groups in total. The SMILES string of the molecule is Cc1sc2c(c1C)C(c1ccc(Cl)cc1)=NC(CC(=O)NCCN1CCC3(CCC(c4ccc5c(c4)CN(C4CCC(=O)NC4=O)C5=O)CC3)CC1)c1nnc(C)n1-2. The predicted molar refractivity (Wildman–Crippen MR) is 223 cm³/mol. The second-order valence-corrected chi connectivity index (χ2v) is 18.5. The van der Waals surface area contributed by atoms with Gasteiger partial charge < -0.3 is 15.1 Å². The van der Waals surface area contributed by atoms with Crippen molar-refractivity contribution in [2.24, 2.45) is 10.4 Å². The summed E-state index contributed by atoms with van der Waals surface area (Å²) >= 11 is 7.97. The summed E-state index contributed by atoms with van der Waals surface area (Å²) in [6.07, 6.45) is 7.76. The molecule has 2 saturated heterocycles. The summed E-state index contributed by atoms with van der Waals surface area (Å²) in [7, 11) is 0. The molecule has 1 saturated carbocycles. The van der Waals surface area contributed by atoms with Gasteiger partial charge in [-0.15, -0.1) is 21.5 Å². The summed E-state index contributed by atoms with van der Waals surface area (Å²) in [6, 6.07) is 12.9. The maximum atomic E-state index is 13.6. The van der Waals surface area contributed by atoms with E-state index in [1.165, 1.54) is 23.3 Å². The van der Waals surface area contributed by atoms with Crippen molar-refractivity contribution < 1.29 is 19.2 Å². The normalized spacial score (nSPS) is 22.0. The monoisotopic (exact) mass is 820 g/mol. The number of carbonyl (C=O) groups excluding carboxylic acids is 4. The van der Waals surface area contributed by atoms with Crippen LogP contribution >= 0.6 is 22.9 Å². The van der Waals surface area contributed by atoms with Crippen molar-refractivity contribution in [1.82, 2.24) is 35.2 Å². The van der Waals surface area contributed by atoms with Crippen LogP contribution in [0, 0.1) is 26.2 Å². The van der Waals surface area contributed by atoms with Crippen LogP contribution in [0.25, 0.3) is 5.00 Å². The fourth-order valence-corrected chi connectivity index (χ4v) is 11.2. The molecule has 14 heteroatoms. The number of rotatable bonds is 8. The van der Waals surface area contributed by atoms with E-state index in [9.17, 15) is 19.2 Å². The van der Waals surface area contributed by atoms with Gasteiger partial charge in [0, 0.05) is 52.6 Å².